The molecule has 4 rings (SSSR count). The molecule has 6 heteroatoms. The van der Waals surface area contributed by atoms with Crippen LogP contribution in [0.15, 0.2) is 34.7 Å². The third-order valence-electron chi connectivity index (χ3n) is 6.69. The molecule has 0 saturated heterocycles. The second-order valence-corrected chi connectivity index (χ2v) is 8.79. The number of hydrogen-bond donors (Lipinski definition) is 1. The zero-order valence-electron chi connectivity index (χ0n) is 15.7. The number of halogens is 1. The smallest absolute Gasteiger partial charge is 0.203 e. The SMILES string of the molecule is Br.COc1ccc(-c2csc(NN=C3CC4CCC3(C)C4(C)C)n2)cc1. The van der Waals surface area contributed by atoms with Crippen LogP contribution >= 0.6 is 28.3 Å². The summed E-state index contributed by atoms with van der Waals surface area (Å²) in [6.45, 7) is 7.18. The van der Waals surface area contributed by atoms with Crippen LogP contribution in [0.4, 0.5) is 5.13 Å². The molecule has 0 amide bonds. The highest BCUT2D eigenvalue weighted by atomic mass is 79.9. The molecule has 2 fully saturated rings. The van der Waals surface area contributed by atoms with Gasteiger partial charge in [0.05, 0.1) is 12.8 Å². The van der Waals surface area contributed by atoms with Gasteiger partial charge in [-0.25, -0.2) is 4.98 Å². The zero-order valence-corrected chi connectivity index (χ0v) is 18.2. The Hall–Kier alpha value is -1.40. The second kappa shape index (κ2) is 6.97. The molecule has 0 spiro atoms. The number of nitrogens with zero attached hydrogens (tertiary/aromatic N) is 2. The van der Waals surface area contributed by atoms with Crippen LogP contribution in [0.1, 0.15) is 40.0 Å². The van der Waals surface area contributed by atoms with Crippen molar-refractivity contribution < 1.29 is 4.74 Å². The highest BCUT2D eigenvalue weighted by molar-refractivity contribution is 8.93. The summed E-state index contributed by atoms with van der Waals surface area (Å²) >= 11 is 1.60. The molecule has 0 aliphatic heterocycles. The Morgan fingerprint density at radius 1 is 1.23 bits per heavy atom. The van der Waals surface area contributed by atoms with Gasteiger partial charge in [-0.05, 0) is 54.9 Å². The number of hydrogen-bond acceptors (Lipinski definition) is 5. The number of nitrogens with one attached hydrogen (secondary N) is 1. The standard InChI is InChI=1S/C20H25N3OS.BrH/c1-19(2)14-9-10-20(19,3)17(11-14)22-23-18-21-16(12-25-18)13-5-7-15(24-4)8-6-13;/h5-8,12,14H,9-11H2,1-4H3,(H,21,23);1H. The maximum Gasteiger partial charge on any atom is 0.203 e. The van der Waals surface area contributed by atoms with Gasteiger partial charge in [0.25, 0.3) is 0 Å². The molecule has 2 bridgehead atoms. The Bertz CT molecular complexity index is 815. The van der Waals surface area contributed by atoms with Gasteiger partial charge in [-0.2, -0.15) is 5.10 Å². The second-order valence-electron chi connectivity index (χ2n) is 7.93. The number of ether oxygens (including phenoxy) is 1. The molecule has 2 atom stereocenters. The summed E-state index contributed by atoms with van der Waals surface area (Å²) in [6, 6.07) is 7.98. The fourth-order valence-electron chi connectivity index (χ4n) is 4.43. The van der Waals surface area contributed by atoms with Crippen molar-refractivity contribution in [2.75, 3.05) is 12.5 Å². The summed E-state index contributed by atoms with van der Waals surface area (Å²) in [7, 11) is 1.68. The molecule has 2 aromatic rings. The summed E-state index contributed by atoms with van der Waals surface area (Å²) in [5, 5.41) is 7.69. The van der Waals surface area contributed by atoms with E-state index in [1.54, 1.807) is 18.4 Å². The highest BCUT2D eigenvalue weighted by Gasteiger charge is 2.59. The number of rotatable bonds is 4. The normalized spacial score (nSPS) is 27.4. The summed E-state index contributed by atoms with van der Waals surface area (Å²) in [5.41, 5.74) is 7.16. The minimum Gasteiger partial charge on any atom is -0.497 e. The van der Waals surface area contributed by atoms with Gasteiger partial charge in [0.2, 0.25) is 5.13 Å². The van der Waals surface area contributed by atoms with E-state index >= 15 is 0 Å². The molecule has 140 valence electrons. The molecule has 1 aromatic carbocycles. The van der Waals surface area contributed by atoms with Crippen molar-refractivity contribution in [2.45, 2.75) is 40.0 Å². The summed E-state index contributed by atoms with van der Waals surface area (Å²) in [4.78, 5) is 4.68. The van der Waals surface area contributed by atoms with Gasteiger partial charge in [-0.3, -0.25) is 5.43 Å². The van der Waals surface area contributed by atoms with Crippen LogP contribution in [0.3, 0.4) is 0 Å². The van der Waals surface area contributed by atoms with E-state index < -0.39 is 0 Å². The van der Waals surface area contributed by atoms with E-state index in [2.05, 4.69) is 36.6 Å². The molecule has 26 heavy (non-hydrogen) atoms. The van der Waals surface area contributed by atoms with E-state index in [0.717, 1.165) is 34.5 Å². The lowest BCUT2D eigenvalue weighted by Crippen LogP contribution is -2.32. The van der Waals surface area contributed by atoms with Crippen LogP contribution in [0, 0.1) is 16.7 Å². The first-order chi connectivity index (χ1) is 11.9. The molecular formula is C20H26BrN3OS. The van der Waals surface area contributed by atoms with Gasteiger partial charge in [-0.15, -0.1) is 28.3 Å². The third kappa shape index (κ3) is 2.97. The van der Waals surface area contributed by atoms with Crippen LogP contribution in [-0.4, -0.2) is 17.8 Å². The predicted octanol–water partition coefficient (Wildman–Crippen LogP) is 6.01. The van der Waals surface area contributed by atoms with Crippen molar-refractivity contribution >= 4 is 39.2 Å². The molecular weight excluding hydrogens is 410 g/mol. The summed E-state index contributed by atoms with van der Waals surface area (Å²) in [6.07, 6.45) is 3.70. The Labute approximate surface area is 169 Å². The quantitative estimate of drug-likeness (QED) is 0.597. The highest BCUT2D eigenvalue weighted by Crippen LogP contribution is 2.63. The Morgan fingerprint density at radius 2 is 1.96 bits per heavy atom. The number of methoxy groups -OCH3 is 1. The lowest BCUT2D eigenvalue weighted by atomic mass is 9.70. The Morgan fingerprint density at radius 3 is 2.54 bits per heavy atom. The third-order valence-corrected chi connectivity index (χ3v) is 7.44. The molecule has 2 aliphatic rings. The van der Waals surface area contributed by atoms with Gasteiger partial charge in [0.1, 0.15) is 5.75 Å². The fraction of sp³-hybridized carbons (Fsp3) is 0.500. The molecule has 1 N–H and O–H groups in total. The minimum atomic E-state index is 0. The van der Waals surface area contributed by atoms with Crippen LogP contribution in [0.5, 0.6) is 5.75 Å². The number of hydrazone groups is 1. The summed E-state index contributed by atoms with van der Waals surface area (Å²) < 4.78 is 5.21. The minimum absolute atomic E-state index is 0. The number of aromatic nitrogens is 1. The van der Waals surface area contributed by atoms with Crippen LogP contribution in [0.25, 0.3) is 11.3 Å². The van der Waals surface area contributed by atoms with Gasteiger partial charge in [0.15, 0.2) is 0 Å². The molecule has 1 heterocycles. The largest absolute Gasteiger partial charge is 0.497 e. The van der Waals surface area contributed by atoms with E-state index in [1.165, 1.54) is 18.6 Å². The van der Waals surface area contributed by atoms with Crippen molar-refractivity contribution in [3.05, 3.63) is 29.6 Å². The zero-order chi connectivity index (χ0) is 17.7. The Kier molecular flexibility index (Phi) is 5.19. The van der Waals surface area contributed by atoms with Crippen molar-refractivity contribution in [3.8, 4) is 17.0 Å². The maximum absolute atomic E-state index is 5.21. The number of anilines is 1. The van der Waals surface area contributed by atoms with Crippen molar-refractivity contribution in [3.63, 3.8) is 0 Å². The first-order valence-electron chi connectivity index (χ1n) is 8.87. The fourth-order valence-corrected chi connectivity index (χ4v) is 5.09. The first kappa shape index (κ1) is 19.4. The van der Waals surface area contributed by atoms with Crippen LogP contribution in [0.2, 0.25) is 0 Å². The molecule has 4 nitrogen and oxygen atoms in total. The predicted molar refractivity (Wildman–Crippen MR) is 115 cm³/mol. The lowest BCUT2D eigenvalue weighted by Gasteiger charge is -2.34. The molecule has 2 unspecified atom stereocenters. The molecule has 1 aromatic heterocycles. The average molecular weight is 436 g/mol. The number of fused-ring (bicyclic) bond motifs is 2. The molecule has 0 radical (unpaired) electrons. The van der Waals surface area contributed by atoms with Gasteiger partial charge in [0, 0.05) is 22.1 Å². The Balaban J connectivity index is 0.00000196. The van der Waals surface area contributed by atoms with Gasteiger partial charge in [-0.1, -0.05) is 20.8 Å². The van der Waals surface area contributed by atoms with E-state index in [-0.39, 0.29) is 22.4 Å². The van der Waals surface area contributed by atoms with E-state index in [1.807, 2.05) is 24.3 Å². The van der Waals surface area contributed by atoms with E-state index in [4.69, 9.17) is 9.84 Å². The maximum atomic E-state index is 5.21. The molecule has 2 aliphatic carbocycles. The van der Waals surface area contributed by atoms with Gasteiger partial charge < -0.3 is 4.74 Å². The molecule has 2 saturated carbocycles. The van der Waals surface area contributed by atoms with E-state index in [9.17, 15) is 0 Å². The van der Waals surface area contributed by atoms with Crippen molar-refractivity contribution in [1.29, 1.82) is 0 Å². The van der Waals surface area contributed by atoms with Crippen LogP contribution < -0.4 is 10.2 Å². The van der Waals surface area contributed by atoms with Crippen molar-refractivity contribution in [2.24, 2.45) is 21.8 Å². The lowest BCUT2D eigenvalue weighted by molar-refractivity contribution is 0.194. The summed E-state index contributed by atoms with van der Waals surface area (Å²) in [5.74, 6) is 1.63. The van der Waals surface area contributed by atoms with Crippen LogP contribution in [-0.2, 0) is 0 Å². The van der Waals surface area contributed by atoms with Crippen molar-refractivity contribution in [1.82, 2.24) is 4.98 Å². The first-order valence-corrected chi connectivity index (χ1v) is 9.75. The van der Waals surface area contributed by atoms with E-state index in [0.29, 0.717) is 5.41 Å². The van der Waals surface area contributed by atoms with Gasteiger partial charge >= 0.3 is 0 Å². The number of thiazole rings is 1. The number of benzene rings is 1. The topological polar surface area (TPSA) is 46.5 Å². The monoisotopic (exact) mass is 435 g/mol. The average Bonchev–Trinajstić information content (AvgIpc) is 3.22.